The summed E-state index contributed by atoms with van der Waals surface area (Å²) in [5, 5.41) is 0. The van der Waals surface area contributed by atoms with Gasteiger partial charge in [-0.2, -0.15) is 0 Å². The van der Waals surface area contributed by atoms with E-state index < -0.39 is 11.2 Å². The molecular weight excluding hydrogens is 434 g/mol. The molecule has 0 aliphatic carbocycles. The number of rotatable bonds is 7. The van der Waals surface area contributed by atoms with E-state index in [1.165, 1.54) is 0 Å². The molecule has 0 aromatic carbocycles. The van der Waals surface area contributed by atoms with Gasteiger partial charge in [0.2, 0.25) is 0 Å². The SMILES string of the molecule is CC(C)(C)OC(=O)N1CC(OCCCCCc2ccc3c(n2)N(C(=O)OC(C)(C)C)CCC3)C1. The van der Waals surface area contributed by atoms with Crippen molar-refractivity contribution in [3.8, 4) is 0 Å². The lowest BCUT2D eigenvalue weighted by Crippen LogP contribution is -2.55. The van der Waals surface area contributed by atoms with Crippen LogP contribution in [0.4, 0.5) is 15.4 Å². The molecule has 1 aromatic heterocycles. The number of ether oxygens (including phenoxy) is 3. The topological polar surface area (TPSA) is 81.2 Å². The quantitative estimate of drug-likeness (QED) is 0.509. The van der Waals surface area contributed by atoms with Gasteiger partial charge in [-0.25, -0.2) is 14.6 Å². The molecule has 1 aromatic rings. The Hall–Kier alpha value is -2.35. The van der Waals surface area contributed by atoms with Crippen molar-refractivity contribution < 1.29 is 23.8 Å². The Morgan fingerprint density at radius 2 is 1.65 bits per heavy atom. The number of carbonyl (C=O) groups is 2. The average Bonchev–Trinajstić information content (AvgIpc) is 2.68. The minimum Gasteiger partial charge on any atom is -0.444 e. The fourth-order valence-corrected chi connectivity index (χ4v) is 3.97. The van der Waals surface area contributed by atoms with Gasteiger partial charge in [0.1, 0.15) is 17.0 Å². The first-order chi connectivity index (χ1) is 15.9. The lowest BCUT2D eigenvalue weighted by Gasteiger charge is -2.39. The number of amides is 2. The van der Waals surface area contributed by atoms with Gasteiger partial charge in [-0.15, -0.1) is 0 Å². The molecule has 3 rings (SSSR count). The van der Waals surface area contributed by atoms with E-state index in [0.717, 1.165) is 55.6 Å². The number of nitrogens with zero attached hydrogens (tertiary/aromatic N) is 3. The second-order valence-corrected chi connectivity index (χ2v) is 11.2. The second kappa shape index (κ2) is 10.9. The minimum atomic E-state index is -0.526. The van der Waals surface area contributed by atoms with Crippen LogP contribution in [0.1, 0.15) is 78.5 Å². The highest BCUT2D eigenvalue weighted by Gasteiger charge is 2.34. The van der Waals surface area contributed by atoms with Crippen LogP contribution in [0.3, 0.4) is 0 Å². The van der Waals surface area contributed by atoms with Crippen molar-refractivity contribution in [1.29, 1.82) is 0 Å². The van der Waals surface area contributed by atoms with Gasteiger partial charge >= 0.3 is 12.2 Å². The van der Waals surface area contributed by atoms with Crippen molar-refractivity contribution in [1.82, 2.24) is 9.88 Å². The fraction of sp³-hybridized carbons (Fsp3) is 0.731. The van der Waals surface area contributed by atoms with Crippen molar-refractivity contribution >= 4 is 18.0 Å². The summed E-state index contributed by atoms with van der Waals surface area (Å²) in [5.74, 6) is 0.751. The Morgan fingerprint density at radius 3 is 2.32 bits per heavy atom. The van der Waals surface area contributed by atoms with E-state index in [0.29, 0.717) is 26.2 Å². The Kier molecular flexibility index (Phi) is 8.44. The maximum atomic E-state index is 12.6. The summed E-state index contributed by atoms with van der Waals surface area (Å²) in [5.41, 5.74) is 1.11. The first kappa shape index (κ1) is 26.3. The molecule has 0 spiro atoms. The van der Waals surface area contributed by atoms with Crippen LogP contribution in [0, 0.1) is 0 Å². The fourth-order valence-electron chi connectivity index (χ4n) is 3.97. The number of aromatic nitrogens is 1. The molecular formula is C26H41N3O5. The highest BCUT2D eigenvalue weighted by Crippen LogP contribution is 2.27. The van der Waals surface area contributed by atoms with Gasteiger partial charge in [-0.3, -0.25) is 4.90 Å². The third kappa shape index (κ3) is 7.86. The standard InChI is InChI=1S/C26H41N3O5/c1-25(2,3)33-23(30)28-17-21(18-28)32-16-9-7-8-12-20-14-13-19-11-10-15-29(22(19)27-20)24(31)34-26(4,5)6/h13-14,21H,7-12,15-18H2,1-6H3. The first-order valence-corrected chi connectivity index (χ1v) is 12.5. The van der Waals surface area contributed by atoms with Crippen LogP contribution in [0.2, 0.25) is 0 Å². The van der Waals surface area contributed by atoms with Crippen LogP contribution in [-0.2, 0) is 27.1 Å². The highest BCUT2D eigenvalue weighted by atomic mass is 16.6. The van der Waals surface area contributed by atoms with E-state index in [4.69, 9.17) is 19.2 Å². The van der Waals surface area contributed by atoms with Crippen molar-refractivity contribution in [2.24, 2.45) is 0 Å². The van der Waals surface area contributed by atoms with E-state index in [1.54, 1.807) is 9.80 Å². The van der Waals surface area contributed by atoms with Crippen molar-refractivity contribution in [3.63, 3.8) is 0 Å². The average molecular weight is 476 g/mol. The minimum absolute atomic E-state index is 0.105. The number of likely N-dealkylation sites (tertiary alicyclic amines) is 1. The molecule has 0 bridgehead atoms. The zero-order chi connectivity index (χ0) is 24.9. The third-order valence-electron chi connectivity index (χ3n) is 5.64. The smallest absolute Gasteiger partial charge is 0.416 e. The molecule has 0 atom stereocenters. The number of fused-ring (bicyclic) bond motifs is 1. The molecule has 0 saturated carbocycles. The highest BCUT2D eigenvalue weighted by molar-refractivity contribution is 5.88. The Morgan fingerprint density at radius 1 is 0.971 bits per heavy atom. The van der Waals surface area contributed by atoms with Gasteiger partial charge in [0.25, 0.3) is 0 Å². The summed E-state index contributed by atoms with van der Waals surface area (Å²) in [6, 6.07) is 4.18. The van der Waals surface area contributed by atoms with E-state index in [9.17, 15) is 9.59 Å². The van der Waals surface area contributed by atoms with E-state index in [2.05, 4.69) is 12.1 Å². The van der Waals surface area contributed by atoms with Gasteiger partial charge in [-0.05, 0) is 85.3 Å². The first-order valence-electron chi connectivity index (χ1n) is 12.5. The molecule has 1 saturated heterocycles. The predicted octanol–water partition coefficient (Wildman–Crippen LogP) is 5.12. The number of pyridine rings is 1. The predicted molar refractivity (Wildman–Crippen MR) is 131 cm³/mol. The lowest BCUT2D eigenvalue weighted by molar-refractivity contribution is -0.0637. The molecule has 0 radical (unpaired) electrons. The molecule has 34 heavy (non-hydrogen) atoms. The molecule has 8 nitrogen and oxygen atoms in total. The van der Waals surface area contributed by atoms with Crippen molar-refractivity contribution in [2.45, 2.75) is 97.4 Å². The number of hydrogen-bond donors (Lipinski definition) is 0. The summed E-state index contributed by atoms with van der Waals surface area (Å²) in [4.78, 5) is 32.8. The van der Waals surface area contributed by atoms with Crippen LogP contribution in [-0.4, -0.2) is 65.6 Å². The van der Waals surface area contributed by atoms with Crippen LogP contribution < -0.4 is 4.90 Å². The Bertz CT molecular complexity index is 853. The van der Waals surface area contributed by atoms with Gasteiger partial charge in [0.05, 0.1) is 19.2 Å². The normalized spacial score (nSPS) is 16.6. The van der Waals surface area contributed by atoms with Crippen LogP contribution >= 0.6 is 0 Å². The summed E-state index contributed by atoms with van der Waals surface area (Å²) in [7, 11) is 0. The zero-order valence-electron chi connectivity index (χ0n) is 21.7. The molecule has 2 aliphatic rings. The summed E-state index contributed by atoms with van der Waals surface area (Å²) in [6.07, 6.45) is 5.26. The van der Waals surface area contributed by atoms with Crippen LogP contribution in [0.15, 0.2) is 12.1 Å². The zero-order valence-corrected chi connectivity index (χ0v) is 21.7. The molecule has 1 fully saturated rings. The van der Waals surface area contributed by atoms with Gasteiger partial charge < -0.3 is 19.1 Å². The van der Waals surface area contributed by atoms with E-state index in [-0.39, 0.29) is 18.3 Å². The van der Waals surface area contributed by atoms with Gasteiger partial charge in [-0.1, -0.05) is 12.5 Å². The molecule has 0 N–H and O–H groups in total. The third-order valence-corrected chi connectivity index (χ3v) is 5.64. The maximum Gasteiger partial charge on any atom is 0.416 e. The van der Waals surface area contributed by atoms with Gasteiger partial charge in [0.15, 0.2) is 0 Å². The maximum absolute atomic E-state index is 12.6. The molecule has 8 heteroatoms. The molecule has 2 amide bonds. The number of unbranched alkanes of at least 4 members (excludes halogenated alkanes) is 2. The number of carbonyl (C=O) groups excluding carboxylic acids is 2. The largest absolute Gasteiger partial charge is 0.444 e. The van der Waals surface area contributed by atoms with Gasteiger partial charge in [0, 0.05) is 18.8 Å². The second-order valence-electron chi connectivity index (χ2n) is 11.2. The van der Waals surface area contributed by atoms with Crippen molar-refractivity contribution in [3.05, 3.63) is 23.4 Å². The summed E-state index contributed by atoms with van der Waals surface area (Å²) < 4.78 is 16.8. The lowest BCUT2D eigenvalue weighted by atomic mass is 10.0. The molecule has 2 aliphatic heterocycles. The Balaban J connectivity index is 1.36. The van der Waals surface area contributed by atoms with Crippen molar-refractivity contribution in [2.75, 3.05) is 31.1 Å². The summed E-state index contributed by atoms with van der Waals surface area (Å²) >= 11 is 0. The molecule has 0 unspecified atom stereocenters. The molecule has 3 heterocycles. The Labute approximate surface area is 203 Å². The van der Waals surface area contributed by atoms with Crippen LogP contribution in [0.25, 0.3) is 0 Å². The van der Waals surface area contributed by atoms with E-state index in [1.807, 2.05) is 41.5 Å². The monoisotopic (exact) mass is 475 g/mol. The number of hydrogen-bond acceptors (Lipinski definition) is 6. The number of aryl methyl sites for hydroxylation is 2. The summed E-state index contributed by atoms with van der Waals surface area (Å²) in [6.45, 7) is 13.8. The number of anilines is 1. The van der Waals surface area contributed by atoms with E-state index >= 15 is 0 Å². The molecule has 190 valence electrons. The van der Waals surface area contributed by atoms with Crippen LogP contribution in [0.5, 0.6) is 0 Å².